The molecular weight excluding hydrogens is 204 g/mol. The van der Waals surface area contributed by atoms with Gasteiger partial charge >= 0.3 is 0 Å². The Balaban J connectivity index is 2.47. The lowest BCUT2D eigenvalue weighted by Gasteiger charge is -2.24. The van der Waals surface area contributed by atoms with Crippen LogP contribution in [-0.4, -0.2) is 29.7 Å². The molecule has 0 radical (unpaired) electrons. The quantitative estimate of drug-likeness (QED) is 0.622. The Bertz CT molecular complexity index is 217. The number of amides is 1. The minimum absolute atomic E-state index is 0.00375. The number of aliphatic hydroxyl groups is 1. The number of aliphatic hydroxyl groups excluding tert-OH is 1. The topological polar surface area (TPSA) is 75.4 Å². The molecule has 0 aromatic heterocycles. The molecule has 1 amide bonds. The van der Waals surface area contributed by atoms with E-state index in [1.165, 1.54) is 0 Å². The largest absolute Gasteiger partial charge is 0.391 e. The summed E-state index contributed by atoms with van der Waals surface area (Å²) in [5.41, 5.74) is 5.53. The van der Waals surface area contributed by atoms with E-state index in [1.54, 1.807) is 0 Å². The molecule has 4 nitrogen and oxygen atoms in total. The van der Waals surface area contributed by atoms with Crippen molar-refractivity contribution in [3.63, 3.8) is 0 Å². The number of nitrogens with one attached hydrogen (secondary N) is 1. The Morgan fingerprint density at radius 2 is 2.12 bits per heavy atom. The normalized spacial score (nSPS) is 28.2. The summed E-state index contributed by atoms with van der Waals surface area (Å²) in [6.07, 6.45) is 5.34. The van der Waals surface area contributed by atoms with Gasteiger partial charge in [0.25, 0.3) is 0 Å². The van der Waals surface area contributed by atoms with Crippen molar-refractivity contribution in [1.82, 2.24) is 5.32 Å². The zero-order valence-electron chi connectivity index (χ0n) is 10.1. The SMILES string of the molecule is CCC(CN)C(=O)NC1CCCCCC1O. The van der Waals surface area contributed by atoms with E-state index in [9.17, 15) is 9.90 Å². The molecule has 1 rings (SSSR count). The molecule has 0 aromatic carbocycles. The Morgan fingerprint density at radius 3 is 2.75 bits per heavy atom. The van der Waals surface area contributed by atoms with E-state index in [1.807, 2.05) is 6.92 Å². The average Bonchev–Trinajstić information content (AvgIpc) is 2.46. The maximum atomic E-state index is 11.8. The standard InChI is InChI=1S/C12H24N2O2/c1-2-9(8-13)12(16)14-10-6-4-3-5-7-11(10)15/h9-11,15H,2-8,13H2,1H3,(H,14,16). The van der Waals surface area contributed by atoms with Crippen molar-refractivity contribution in [3.05, 3.63) is 0 Å². The maximum Gasteiger partial charge on any atom is 0.224 e. The molecule has 16 heavy (non-hydrogen) atoms. The molecule has 0 aliphatic heterocycles. The molecule has 1 fully saturated rings. The second-order valence-corrected chi connectivity index (χ2v) is 4.66. The predicted molar refractivity (Wildman–Crippen MR) is 63.9 cm³/mol. The first-order chi connectivity index (χ1) is 7.69. The van der Waals surface area contributed by atoms with Gasteiger partial charge in [0.2, 0.25) is 5.91 Å². The van der Waals surface area contributed by atoms with Crippen LogP contribution in [0.1, 0.15) is 45.4 Å². The predicted octanol–water partition coefficient (Wildman–Crippen LogP) is 0.781. The van der Waals surface area contributed by atoms with Gasteiger partial charge in [0, 0.05) is 12.5 Å². The van der Waals surface area contributed by atoms with Crippen molar-refractivity contribution in [2.45, 2.75) is 57.6 Å². The zero-order chi connectivity index (χ0) is 12.0. The molecule has 4 N–H and O–H groups in total. The van der Waals surface area contributed by atoms with Gasteiger partial charge in [-0.1, -0.05) is 26.2 Å². The van der Waals surface area contributed by atoms with Crippen LogP contribution in [0, 0.1) is 5.92 Å². The molecule has 4 heteroatoms. The first kappa shape index (κ1) is 13.5. The molecule has 0 heterocycles. The molecule has 1 aliphatic carbocycles. The summed E-state index contributed by atoms with van der Waals surface area (Å²) in [5.74, 6) is -0.119. The fraction of sp³-hybridized carbons (Fsp3) is 0.917. The van der Waals surface area contributed by atoms with Crippen molar-refractivity contribution in [1.29, 1.82) is 0 Å². The summed E-state index contributed by atoms with van der Waals surface area (Å²) < 4.78 is 0. The number of hydrogen-bond donors (Lipinski definition) is 3. The van der Waals surface area contributed by atoms with Crippen LogP contribution in [0.4, 0.5) is 0 Å². The second kappa shape index (κ2) is 6.86. The lowest BCUT2D eigenvalue weighted by Crippen LogP contribution is -2.46. The first-order valence-corrected chi connectivity index (χ1v) is 6.37. The zero-order valence-corrected chi connectivity index (χ0v) is 10.1. The van der Waals surface area contributed by atoms with Crippen molar-refractivity contribution < 1.29 is 9.90 Å². The van der Waals surface area contributed by atoms with Gasteiger partial charge in [0.15, 0.2) is 0 Å². The van der Waals surface area contributed by atoms with E-state index in [-0.39, 0.29) is 24.0 Å². The van der Waals surface area contributed by atoms with E-state index < -0.39 is 0 Å². The fourth-order valence-electron chi connectivity index (χ4n) is 2.22. The summed E-state index contributed by atoms with van der Waals surface area (Å²) >= 11 is 0. The number of carbonyl (C=O) groups is 1. The smallest absolute Gasteiger partial charge is 0.224 e. The Hall–Kier alpha value is -0.610. The molecular formula is C12H24N2O2. The van der Waals surface area contributed by atoms with Gasteiger partial charge in [-0.15, -0.1) is 0 Å². The Kier molecular flexibility index (Phi) is 5.77. The lowest BCUT2D eigenvalue weighted by atomic mass is 10.0. The van der Waals surface area contributed by atoms with Gasteiger partial charge < -0.3 is 16.2 Å². The van der Waals surface area contributed by atoms with E-state index in [4.69, 9.17) is 5.73 Å². The minimum atomic E-state index is -0.387. The van der Waals surface area contributed by atoms with Crippen LogP contribution >= 0.6 is 0 Å². The Morgan fingerprint density at radius 1 is 1.44 bits per heavy atom. The van der Waals surface area contributed by atoms with E-state index in [0.29, 0.717) is 6.54 Å². The molecule has 1 aliphatic rings. The highest BCUT2D eigenvalue weighted by Crippen LogP contribution is 2.18. The second-order valence-electron chi connectivity index (χ2n) is 4.66. The van der Waals surface area contributed by atoms with Crippen molar-refractivity contribution in [2.24, 2.45) is 11.7 Å². The van der Waals surface area contributed by atoms with Gasteiger partial charge in [-0.3, -0.25) is 4.79 Å². The van der Waals surface area contributed by atoms with Gasteiger partial charge in [0.1, 0.15) is 0 Å². The van der Waals surface area contributed by atoms with Gasteiger partial charge in [-0.25, -0.2) is 0 Å². The molecule has 94 valence electrons. The molecule has 1 saturated carbocycles. The Labute approximate surface area is 97.6 Å². The van der Waals surface area contributed by atoms with Crippen LogP contribution in [0.15, 0.2) is 0 Å². The third kappa shape index (κ3) is 3.76. The molecule has 0 saturated heterocycles. The van der Waals surface area contributed by atoms with E-state index in [0.717, 1.165) is 38.5 Å². The minimum Gasteiger partial charge on any atom is -0.391 e. The molecule has 0 spiro atoms. The van der Waals surface area contributed by atoms with Crippen LogP contribution in [0.25, 0.3) is 0 Å². The van der Waals surface area contributed by atoms with E-state index in [2.05, 4.69) is 5.32 Å². The van der Waals surface area contributed by atoms with Gasteiger partial charge in [-0.05, 0) is 19.3 Å². The summed E-state index contributed by atoms with van der Waals surface area (Å²) in [6, 6.07) is -0.0735. The van der Waals surface area contributed by atoms with Crippen LogP contribution in [0.3, 0.4) is 0 Å². The van der Waals surface area contributed by atoms with Crippen LogP contribution in [-0.2, 0) is 4.79 Å². The first-order valence-electron chi connectivity index (χ1n) is 6.37. The highest BCUT2D eigenvalue weighted by atomic mass is 16.3. The molecule has 0 aromatic rings. The average molecular weight is 228 g/mol. The highest BCUT2D eigenvalue weighted by molar-refractivity contribution is 5.79. The third-order valence-corrected chi connectivity index (χ3v) is 3.46. The van der Waals surface area contributed by atoms with Crippen LogP contribution in [0.5, 0.6) is 0 Å². The van der Waals surface area contributed by atoms with E-state index >= 15 is 0 Å². The molecule has 3 unspecified atom stereocenters. The molecule has 3 atom stereocenters. The number of rotatable bonds is 4. The third-order valence-electron chi connectivity index (χ3n) is 3.46. The summed E-state index contributed by atoms with van der Waals surface area (Å²) in [6.45, 7) is 2.34. The summed E-state index contributed by atoms with van der Waals surface area (Å²) in [7, 11) is 0. The van der Waals surface area contributed by atoms with Gasteiger partial charge in [0.05, 0.1) is 12.1 Å². The lowest BCUT2D eigenvalue weighted by molar-refractivity contribution is -0.126. The highest BCUT2D eigenvalue weighted by Gasteiger charge is 2.25. The summed E-state index contributed by atoms with van der Waals surface area (Å²) in [5, 5.41) is 12.8. The maximum absolute atomic E-state index is 11.8. The fourth-order valence-corrected chi connectivity index (χ4v) is 2.22. The number of carbonyl (C=O) groups excluding carboxylic acids is 1. The van der Waals surface area contributed by atoms with Crippen molar-refractivity contribution >= 4 is 5.91 Å². The number of hydrogen-bond acceptors (Lipinski definition) is 3. The molecule has 0 bridgehead atoms. The van der Waals surface area contributed by atoms with Gasteiger partial charge in [-0.2, -0.15) is 0 Å². The monoisotopic (exact) mass is 228 g/mol. The van der Waals surface area contributed by atoms with Crippen LogP contribution in [0.2, 0.25) is 0 Å². The summed E-state index contributed by atoms with van der Waals surface area (Å²) in [4.78, 5) is 11.8. The van der Waals surface area contributed by atoms with Crippen LogP contribution < -0.4 is 11.1 Å². The van der Waals surface area contributed by atoms with Crippen molar-refractivity contribution in [2.75, 3.05) is 6.54 Å². The number of nitrogens with two attached hydrogens (primary N) is 1. The van der Waals surface area contributed by atoms with Crippen molar-refractivity contribution in [3.8, 4) is 0 Å².